The lowest BCUT2D eigenvalue weighted by atomic mass is 10.0. The summed E-state index contributed by atoms with van der Waals surface area (Å²) in [6.45, 7) is 1.73. The van der Waals surface area contributed by atoms with E-state index in [0.29, 0.717) is 4.90 Å². The van der Waals surface area contributed by atoms with E-state index in [1.807, 2.05) is 0 Å². The average Bonchev–Trinajstić information content (AvgIpc) is 2.63. The number of nitrogens with one attached hydrogen (secondary N) is 1. The molecule has 0 heterocycles. The van der Waals surface area contributed by atoms with Gasteiger partial charge in [0, 0.05) is 29.1 Å². The quantitative estimate of drug-likeness (QED) is 0.408. The number of nitro groups is 1. The van der Waals surface area contributed by atoms with Crippen molar-refractivity contribution in [2.24, 2.45) is 0 Å². The van der Waals surface area contributed by atoms with Crippen molar-refractivity contribution in [3.05, 3.63) is 69.8 Å². The molecule has 0 saturated carbocycles. The zero-order chi connectivity index (χ0) is 20.8. The van der Waals surface area contributed by atoms with Gasteiger partial charge in [0.15, 0.2) is 0 Å². The van der Waals surface area contributed by atoms with Crippen molar-refractivity contribution >= 4 is 23.4 Å². The first-order chi connectivity index (χ1) is 13.2. The summed E-state index contributed by atoms with van der Waals surface area (Å²) in [5.74, 6) is -1.63. The van der Waals surface area contributed by atoms with E-state index in [9.17, 15) is 23.7 Å². The minimum Gasteiger partial charge on any atom is -0.353 e. The molecule has 6 nitrogen and oxygen atoms in total. The van der Waals surface area contributed by atoms with Gasteiger partial charge in [-0.15, -0.1) is 11.8 Å². The normalized spacial score (nSPS) is 13.2. The molecule has 0 saturated heterocycles. The molecule has 0 spiro atoms. The molecule has 28 heavy (non-hydrogen) atoms. The van der Waals surface area contributed by atoms with Crippen LogP contribution in [0.4, 0.5) is 14.5 Å². The van der Waals surface area contributed by atoms with Gasteiger partial charge in [-0.25, -0.2) is 8.78 Å². The van der Waals surface area contributed by atoms with E-state index in [1.54, 1.807) is 38.1 Å². The lowest BCUT2D eigenvalue weighted by Crippen LogP contribution is -2.38. The van der Waals surface area contributed by atoms with Crippen LogP contribution in [0.15, 0.2) is 47.4 Å². The number of carbonyl (C=O) groups is 1. The summed E-state index contributed by atoms with van der Waals surface area (Å²) in [6, 6.07) is 8.89. The zero-order valence-corrected chi connectivity index (χ0v) is 16.5. The Bertz CT molecular complexity index is 827. The minimum atomic E-state index is -0.666. The number of nitro benzene ring substituents is 1. The van der Waals surface area contributed by atoms with Crippen molar-refractivity contribution < 1.29 is 18.5 Å². The third-order valence-electron chi connectivity index (χ3n) is 4.16. The van der Waals surface area contributed by atoms with Gasteiger partial charge in [0.1, 0.15) is 11.6 Å². The second-order valence-electron chi connectivity index (χ2n) is 6.37. The van der Waals surface area contributed by atoms with Gasteiger partial charge in [-0.3, -0.25) is 14.9 Å². The topological polar surface area (TPSA) is 75.5 Å². The molecule has 0 radical (unpaired) electrons. The maximum absolute atomic E-state index is 14.1. The predicted molar refractivity (Wildman–Crippen MR) is 104 cm³/mol. The molecule has 2 unspecified atom stereocenters. The molecule has 0 bridgehead atoms. The van der Waals surface area contributed by atoms with E-state index in [0.717, 1.165) is 0 Å². The van der Waals surface area contributed by atoms with E-state index in [-0.39, 0.29) is 23.7 Å². The van der Waals surface area contributed by atoms with Crippen LogP contribution in [0.25, 0.3) is 0 Å². The third-order valence-corrected chi connectivity index (χ3v) is 5.27. The molecule has 1 N–H and O–H groups in total. The monoisotopic (exact) mass is 409 g/mol. The fraction of sp³-hybridized carbons (Fsp3) is 0.316. The number of thioether (sulfide) groups is 1. The van der Waals surface area contributed by atoms with Crippen LogP contribution in [0, 0.1) is 21.7 Å². The van der Waals surface area contributed by atoms with Crippen molar-refractivity contribution in [1.82, 2.24) is 10.2 Å². The Morgan fingerprint density at radius 3 is 2.25 bits per heavy atom. The Kier molecular flexibility index (Phi) is 7.47. The Morgan fingerprint density at radius 1 is 1.18 bits per heavy atom. The van der Waals surface area contributed by atoms with Crippen LogP contribution in [-0.4, -0.2) is 41.6 Å². The van der Waals surface area contributed by atoms with Gasteiger partial charge in [0.25, 0.3) is 5.69 Å². The summed E-state index contributed by atoms with van der Waals surface area (Å²) in [5.41, 5.74) is -0.120. The van der Waals surface area contributed by atoms with Crippen LogP contribution >= 0.6 is 11.8 Å². The van der Waals surface area contributed by atoms with Crippen LogP contribution in [0.5, 0.6) is 0 Å². The van der Waals surface area contributed by atoms with Gasteiger partial charge in [-0.05, 0) is 45.3 Å². The molecule has 0 aliphatic rings. The molecule has 2 aromatic rings. The molecule has 150 valence electrons. The number of hydrogen-bond donors (Lipinski definition) is 1. The Hall–Kier alpha value is -2.52. The van der Waals surface area contributed by atoms with Crippen molar-refractivity contribution in [3.8, 4) is 0 Å². The molecule has 0 aliphatic carbocycles. The number of benzene rings is 2. The second-order valence-corrected chi connectivity index (χ2v) is 7.79. The summed E-state index contributed by atoms with van der Waals surface area (Å²) in [5, 5.41) is 12.9. The molecule has 2 atom stereocenters. The lowest BCUT2D eigenvalue weighted by Gasteiger charge is -2.26. The van der Waals surface area contributed by atoms with Gasteiger partial charge in [0.2, 0.25) is 5.91 Å². The number of hydrogen-bond acceptors (Lipinski definition) is 5. The van der Waals surface area contributed by atoms with E-state index in [1.165, 1.54) is 42.1 Å². The number of likely N-dealkylation sites (N-methyl/N-ethyl adjacent to an activating group) is 1. The standard InChI is InChI=1S/C19H21F2N3O3S/c1-12(28-14-9-7-13(8-10-14)24(26)27)19(25)22-11-17(23(2)3)18-15(20)5-4-6-16(18)21/h4-10,12,17H,11H2,1-3H3,(H,22,25). The third kappa shape index (κ3) is 5.49. The van der Waals surface area contributed by atoms with Crippen LogP contribution in [-0.2, 0) is 4.79 Å². The highest BCUT2D eigenvalue weighted by molar-refractivity contribution is 8.00. The first kappa shape index (κ1) is 21.8. The van der Waals surface area contributed by atoms with Crippen LogP contribution < -0.4 is 5.32 Å². The predicted octanol–water partition coefficient (Wildman–Crippen LogP) is 3.77. The molecule has 2 rings (SSSR count). The maximum Gasteiger partial charge on any atom is 0.269 e. The zero-order valence-electron chi connectivity index (χ0n) is 15.7. The van der Waals surface area contributed by atoms with E-state index in [4.69, 9.17) is 0 Å². The average molecular weight is 409 g/mol. The lowest BCUT2D eigenvalue weighted by molar-refractivity contribution is -0.384. The van der Waals surface area contributed by atoms with Gasteiger partial charge < -0.3 is 10.2 Å². The highest BCUT2D eigenvalue weighted by atomic mass is 32.2. The van der Waals surface area contributed by atoms with E-state index in [2.05, 4.69) is 5.32 Å². The highest BCUT2D eigenvalue weighted by Crippen LogP contribution is 2.27. The van der Waals surface area contributed by atoms with Gasteiger partial charge in [-0.1, -0.05) is 6.07 Å². The fourth-order valence-electron chi connectivity index (χ4n) is 2.62. The first-order valence-electron chi connectivity index (χ1n) is 8.50. The van der Waals surface area contributed by atoms with Gasteiger partial charge in [0.05, 0.1) is 16.2 Å². The molecular weight excluding hydrogens is 388 g/mol. The van der Waals surface area contributed by atoms with Crippen LogP contribution in [0.2, 0.25) is 0 Å². The molecule has 2 aromatic carbocycles. The van der Waals surface area contributed by atoms with Gasteiger partial charge in [-0.2, -0.15) is 0 Å². The number of rotatable bonds is 8. The first-order valence-corrected chi connectivity index (χ1v) is 9.37. The summed E-state index contributed by atoms with van der Waals surface area (Å²) in [7, 11) is 3.36. The largest absolute Gasteiger partial charge is 0.353 e. The van der Waals surface area contributed by atoms with Crippen molar-refractivity contribution in [2.45, 2.75) is 23.1 Å². The molecule has 0 fully saturated rings. The molecule has 9 heteroatoms. The number of amides is 1. The highest BCUT2D eigenvalue weighted by Gasteiger charge is 2.24. The fourth-order valence-corrected chi connectivity index (χ4v) is 3.51. The Labute approximate surface area is 166 Å². The minimum absolute atomic E-state index is 0.0257. The van der Waals surface area contributed by atoms with E-state index < -0.39 is 27.8 Å². The molecule has 1 amide bonds. The molecular formula is C19H21F2N3O3S. The van der Waals surface area contributed by atoms with Crippen molar-refractivity contribution in [2.75, 3.05) is 20.6 Å². The van der Waals surface area contributed by atoms with Crippen LogP contribution in [0.3, 0.4) is 0 Å². The molecule has 0 aromatic heterocycles. The van der Waals surface area contributed by atoms with E-state index >= 15 is 0 Å². The van der Waals surface area contributed by atoms with Crippen molar-refractivity contribution in [3.63, 3.8) is 0 Å². The summed E-state index contributed by atoms with van der Waals surface area (Å²) < 4.78 is 28.2. The SMILES string of the molecule is CC(Sc1ccc([N+](=O)[O-])cc1)C(=O)NCC(c1c(F)cccc1F)N(C)C. The number of non-ortho nitro benzene ring substituents is 1. The Balaban J connectivity index is 2.01. The second kappa shape index (κ2) is 9.61. The number of halogens is 2. The summed E-state index contributed by atoms with van der Waals surface area (Å²) in [6.07, 6.45) is 0. The van der Waals surface area contributed by atoms with Crippen LogP contribution in [0.1, 0.15) is 18.5 Å². The summed E-state index contributed by atoms with van der Waals surface area (Å²) in [4.78, 5) is 24.9. The molecule has 0 aliphatic heterocycles. The van der Waals surface area contributed by atoms with Crippen molar-refractivity contribution in [1.29, 1.82) is 0 Å². The maximum atomic E-state index is 14.1. The smallest absolute Gasteiger partial charge is 0.269 e. The Morgan fingerprint density at radius 2 is 1.75 bits per heavy atom. The summed E-state index contributed by atoms with van der Waals surface area (Å²) >= 11 is 1.24. The number of nitrogens with zero attached hydrogens (tertiary/aromatic N) is 2. The number of carbonyl (C=O) groups excluding carboxylic acids is 1. The van der Waals surface area contributed by atoms with Gasteiger partial charge >= 0.3 is 0 Å².